The molecule has 4 nitrogen and oxygen atoms in total. The number of hydrogen-bond acceptors (Lipinski definition) is 3. The number of hydroxylamine groups is 2. The number of nitrogens with zero attached hydrogens (tertiary/aromatic N) is 1. The highest BCUT2D eigenvalue weighted by Crippen LogP contribution is 2.26. The predicted molar refractivity (Wildman–Crippen MR) is 49.4 cm³/mol. The van der Waals surface area contributed by atoms with Crippen molar-refractivity contribution in [3.05, 3.63) is 35.9 Å². The summed E-state index contributed by atoms with van der Waals surface area (Å²) in [6.45, 7) is 0.344. The Morgan fingerprint density at radius 2 is 2.14 bits per heavy atom. The minimum absolute atomic E-state index is 0.131. The zero-order valence-electron chi connectivity index (χ0n) is 7.84. The van der Waals surface area contributed by atoms with Crippen molar-refractivity contribution in [1.29, 1.82) is 0 Å². The highest BCUT2D eigenvalue weighted by Gasteiger charge is 2.34. The van der Waals surface area contributed by atoms with Gasteiger partial charge in [-0.3, -0.25) is 4.84 Å². The minimum Gasteiger partial charge on any atom is -0.445 e. The molecule has 74 valence electrons. The lowest BCUT2D eigenvalue weighted by molar-refractivity contribution is -0.102. The van der Waals surface area contributed by atoms with Crippen molar-refractivity contribution in [3.63, 3.8) is 0 Å². The summed E-state index contributed by atoms with van der Waals surface area (Å²) < 4.78 is 4.89. The van der Waals surface area contributed by atoms with Gasteiger partial charge >= 0.3 is 6.09 Å². The van der Waals surface area contributed by atoms with Crippen LogP contribution < -0.4 is 0 Å². The molecule has 1 aromatic rings. The Morgan fingerprint density at radius 3 is 2.79 bits per heavy atom. The maximum Gasteiger partial charge on any atom is 0.434 e. The number of rotatable bonds is 2. The first-order valence-electron chi connectivity index (χ1n) is 4.38. The van der Waals surface area contributed by atoms with E-state index in [0.717, 1.165) is 5.56 Å². The number of carbonyl (C=O) groups is 1. The van der Waals surface area contributed by atoms with Gasteiger partial charge in [0.1, 0.15) is 12.6 Å². The quantitative estimate of drug-likeness (QED) is 0.718. The predicted octanol–water partition coefficient (Wildman–Crippen LogP) is 1.74. The van der Waals surface area contributed by atoms with E-state index in [1.165, 1.54) is 12.2 Å². The van der Waals surface area contributed by atoms with Gasteiger partial charge in [-0.25, -0.2) is 4.79 Å². The summed E-state index contributed by atoms with van der Waals surface area (Å²) in [6, 6.07) is 9.53. The van der Waals surface area contributed by atoms with Crippen LogP contribution in [0.5, 0.6) is 0 Å². The fourth-order valence-corrected chi connectivity index (χ4v) is 1.52. The van der Waals surface area contributed by atoms with Crippen molar-refractivity contribution in [1.82, 2.24) is 5.06 Å². The van der Waals surface area contributed by atoms with Crippen LogP contribution in [0.15, 0.2) is 30.3 Å². The molecule has 1 unspecified atom stereocenters. The maximum atomic E-state index is 11.2. The summed E-state index contributed by atoms with van der Waals surface area (Å²) in [4.78, 5) is 16.1. The van der Waals surface area contributed by atoms with Gasteiger partial charge in [-0.15, -0.1) is 0 Å². The standard InChI is InChI=1S/C10H11NO3/c1-13-11-9(7-14-10(11)12)8-5-3-2-4-6-8/h2-6,9H,7H2,1H3. The molecule has 0 bridgehead atoms. The molecule has 1 heterocycles. The molecular formula is C10H11NO3. The first-order valence-corrected chi connectivity index (χ1v) is 4.38. The summed E-state index contributed by atoms with van der Waals surface area (Å²) >= 11 is 0. The smallest absolute Gasteiger partial charge is 0.434 e. The van der Waals surface area contributed by atoms with Gasteiger partial charge in [-0.2, -0.15) is 5.06 Å². The van der Waals surface area contributed by atoms with Crippen LogP contribution in [0.1, 0.15) is 11.6 Å². The van der Waals surface area contributed by atoms with Crippen LogP contribution in [0, 0.1) is 0 Å². The molecule has 0 N–H and O–H groups in total. The van der Waals surface area contributed by atoms with Gasteiger partial charge in [-0.1, -0.05) is 30.3 Å². The largest absolute Gasteiger partial charge is 0.445 e. The van der Waals surface area contributed by atoms with Gasteiger partial charge in [0.25, 0.3) is 0 Å². The first kappa shape index (κ1) is 9.02. The Balaban J connectivity index is 2.23. The third-order valence-electron chi connectivity index (χ3n) is 2.21. The molecule has 0 saturated carbocycles. The number of amides is 1. The molecule has 1 atom stereocenters. The number of benzene rings is 1. The van der Waals surface area contributed by atoms with Gasteiger partial charge in [0.2, 0.25) is 0 Å². The molecule has 1 aromatic carbocycles. The second-order valence-electron chi connectivity index (χ2n) is 3.01. The van der Waals surface area contributed by atoms with E-state index in [1.807, 2.05) is 30.3 Å². The van der Waals surface area contributed by atoms with Crippen LogP contribution in [0.2, 0.25) is 0 Å². The number of hydrogen-bond donors (Lipinski definition) is 0. The van der Waals surface area contributed by atoms with Crippen LogP contribution in [-0.4, -0.2) is 24.9 Å². The van der Waals surface area contributed by atoms with Crippen LogP contribution in [-0.2, 0) is 9.57 Å². The van der Waals surface area contributed by atoms with E-state index in [2.05, 4.69) is 0 Å². The van der Waals surface area contributed by atoms with E-state index < -0.39 is 6.09 Å². The minimum atomic E-state index is -0.429. The molecule has 1 aliphatic heterocycles. The average molecular weight is 193 g/mol. The van der Waals surface area contributed by atoms with E-state index in [9.17, 15) is 4.79 Å². The van der Waals surface area contributed by atoms with E-state index in [1.54, 1.807) is 0 Å². The zero-order valence-corrected chi connectivity index (χ0v) is 7.84. The van der Waals surface area contributed by atoms with Crippen molar-refractivity contribution in [2.45, 2.75) is 6.04 Å². The lowest BCUT2D eigenvalue weighted by Gasteiger charge is -2.17. The third kappa shape index (κ3) is 1.44. The summed E-state index contributed by atoms with van der Waals surface area (Å²) in [5, 5.41) is 1.25. The van der Waals surface area contributed by atoms with Crippen LogP contribution >= 0.6 is 0 Å². The Labute approximate surface area is 82.0 Å². The topological polar surface area (TPSA) is 38.8 Å². The summed E-state index contributed by atoms with van der Waals surface area (Å²) in [5.41, 5.74) is 1.01. The van der Waals surface area contributed by atoms with Crippen molar-refractivity contribution in [2.75, 3.05) is 13.7 Å². The molecule has 0 radical (unpaired) electrons. The third-order valence-corrected chi connectivity index (χ3v) is 2.21. The highest BCUT2D eigenvalue weighted by molar-refractivity contribution is 5.69. The normalized spacial score (nSPS) is 21.1. The van der Waals surface area contributed by atoms with Gasteiger partial charge in [0.05, 0.1) is 7.11 Å². The molecule has 1 fully saturated rings. The number of ether oxygens (including phenoxy) is 1. The van der Waals surface area contributed by atoms with Crippen molar-refractivity contribution in [2.24, 2.45) is 0 Å². The second-order valence-corrected chi connectivity index (χ2v) is 3.01. The Bertz CT molecular complexity index is 325. The van der Waals surface area contributed by atoms with Crippen molar-refractivity contribution < 1.29 is 14.4 Å². The van der Waals surface area contributed by atoms with Crippen LogP contribution in [0.4, 0.5) is 4.79 Å². The first-order chi connectivity index (χ1) is 6.83. The summed E-state index contributed by atoms with van der Waals surface area (Å²) in [5.74, 6) is 0. The van der Waals surface area contributed by atoms with Gasteiger partial charge in [0.15, 0.2) is 0 Å². The Kier molecular flexibility index (Phi) is 2.37. The SMILES string of the molecule is CON1C(=O)OCC1c1ccccc1. The lowest BCUT2D eigenvalue weighted by atomic mass is 10.1. The molecule has 1 aliphatic rings. The van der Waals surface area contributed by atoms with E-state index in [-0.39, 0.29) is 6.04 Å². The maximum absolute atomic E-state index is 11.2. The van der Waals surface area contributed by atoms with Crippen molar-refractivity contribution in [3.8, 4) is 0 Å². The zero-order chi connectivity index (χ0) is 9.97. The lowest BCUT2D eigenvalue weighted by Crippen LogP contribution is -2.26. The fraction of sp³-hybridized carbons (Fsp3) is 0.300. The van der Waals surface area contributed by atoms with E-state index in [0.29, 0.717) is 6.61 Å². The molecule has 0 spiro atoms. The average Bonchev–Trinajstić information content (AvgIpc) is 2.61. The van der Waals surface area contributed by atoms with Gasteiger partial charge < -0.3 is 4.74 Å². The Hall–Kier alpha value is -1.55. The van der Waals surface area contributed by atoms with Crippen LogP contribution in [0.25, 0.3) is 0 Å². The molecule has 0 aromatic heterocycles. The Morgan fingerprint density at radius 1 is 1.43 bits per heavy atom. The monoisotopic (exact) mass is 193 g/mol. The highest BCUT2D eigenvalue weighted by atomic mass is 16.7. The van der Waals surface area contributed by atoms with E-state index >= 15 is 0 Å². The molecule has 1 saturated heterocycles. The molecule has 1 amide bonds. The van der Waals surface area contributed by atoms with E-state index in [4.69, 9.17) is 9.57 Å². The van der Waals surface area contributed by atoms with Gasteiger partial charge in [0, 0.05) is 0 Å². The second kappa shape index (κ2) is 3.67. The molecule has 0 aliphatic carbocycles. The number of carbonyl (C=O) groups excluding carboxylic acids is 1. The summed E-state index contributed by atoms with van der Waals surface area (Å²) in [6.07, 6.45) is -0.429. The molecule has 4 heteroatoms. The molecule has 14 heavy (non-hydrogen) atoms. The van der Waals surface area contributed by atoms with Crippen LogP contribution in [0.3, 0.4) is 0 Å². The van der Waals surface area contributed by atoms with Crippen molar-refractivity contribution >= 4 is 6.09 Å². The van der Waals surface area contributed by atoms with Gasteiger partial charge in [-0.05, 0) is 5.56 Å². The fourth-order valence-electron chi connectivity index (χ4n) is 1.52. The molecule has 2 rings (SSSR count). The summed E-state index contributed by atoms with van der Waals surface area (Å²) in [7, 11) is 1.46. The number of cyclic esters (lactones) is 1. The molecular weight excluding hydrogens is 182 g/mol.